The number of carbonyl (C=O) groups excluding carboxylic acids is 1. The molecule has 0 saturated heterocycles. The smallest absolute Gasteiger partial charge is 0.259 e. The molecule has 0 fully saturated rings. The molecule has 2 aromatic carbocycles. The number of carbonyl (C=O) groups is 1. The highest BCUT2D eigenvalue weighted by molar-refractivity contribution is 5.99. The summed E-state index contributed by atoms with van der Waals surface area (Å²) in [6.45, 7) is 1.46. The summed E-state index contributed by atoms with van der Waals surface area (Å²) in [5.74, 6) is -0.888. The molecule has 126 valence electrons. The number of nitrogens with one attached hydrogen (secondary N) is 2. The number of nitrogens with zero attached hydrogens (tertiary/aromatic N) is 1. The highest BCUT2D eigenvalue weighted by atomic mass is 19.1. The van der Waals surface area contributed by atoms with Crippen LogP contribution in [0.2, 0.25) is 0 Å². The molecule has 0 saturated carbocycles. The second kappa shape index (κ2) is 8.05. The van der Waals surface area contributed by atoms with Crippen LogP contribution < -0.4 is 15.5 Å². The van der Waals surface area contributed by atoms with Crippen molar-refractivity contribution in [3.63, 3.8) is 0 Å². The van der Waals surface area contributed by atoms with Gasteiger partial charge in [-0.1, -0.05) is 0 Å². The van der Waals surface area contributed by atoms with E-state index in [0.29, 0.717) is 5.75 Å². The number of methoxy groups -OCH3 is 1. The van der Waals surface area contributed by atoms with Crippen molar-refractivity contribution in [1.29, 1.82) is 0 Å². The monoisotopic (exact) mass is 333 g/mol. The maximum absolute atomic E-state index is 13.6. The molecule has 0 bridgehead atoms. The standard InChI is InChI=1S/C17H17F2N3O2/c1-11(15-9-12(18)3-8-16(15)19)21-22-17(23)10-20-13-4-6-14(24-2)7-5-13/h3-9,20H,10H2,1-2H3,(H,22,23)/b21-11-. The van der Waals surface area contributed by atoms with Crippen molar-refractivity contribution in [1.82, 2.24) is 5.43 Å². The van der Waals surface area contributed by atoms with Gasteiger partial charge in [0.05, 0.1) is 19.4 Å². The van der Waals surface area contributed by atoms with E-state index < -0.39 is 17.5 Å². The Kier molecular flexibility index (Phi) is 5.83. The van der Waals surface area contributed by atoms with Gasteiger partial charge >= 0.3 is 0 Å². The summed E-state index contributed by atoms with van der Waals surface area (Å²) in [4.78, 5) is 11.8. The van der Waals surface area contributed by atoms with Crippen LogP contribution in [0.4, 0.5) is 14.5 Å². The summed E-state index contributed by atoms with van der Waals surface area (Å²) >= 11 is 0. The summed E-state index contributed by atoms with van der Waals surface area (Å²) in [7, 11) is 1.57. The second-order valence-corrected chi connectivity index (χ2v) is 4.94. The zero-order valence-corrected chi connectivity index (χ0v) is 13.3. The summed E-state index contributed by atoms with van der Waals surface area (Å²) in [6, 6.07) is 10.1. The molecule has 0 aromatic heterocycles. The predicted octanol–water partition coefficient (Wildman–Crippen LogP) is 2.93. The molecule has 0 unspecified atom stereocenters. The molecular weight excluding hydrogens is 316 g/mol. The summed E-state index contributed by atoms with van der Waals surface area (Å²) in [6.07, 6.45) is 0. The van der Waals surface area contributed by atoms with Crippen molar-refractivity contribution in [2.24, 2.45) is 5.10 Å². The van der Waals surface area contributed by atoms with E-state index >= 15 is 0 Å². The fraction of sp³-hybridized carbons (Fsp3) is 0.176. The molecule has 0 aliphatic carbocycles. The highest BCUT2D eigenvalue weighted by Crippen LogP contribution is 2.14. The number of hydrogen-bond donors (Lipinski definition) is 2. The molecule has 7 heteroatoms. The Labute approximate surface area is 138 Å². The number of halogens is 2. The second-order valence-electron chi connectivity index (χ2n) is 4.94. The van der Waals surface area contributed by atoms with Gasteiger partial charge in [0, 0.05) is 11.3 Å². The third-order valence-electron chi connectivity index (χ3n) is 3.21. The molecule has 5 nitrogen and oxygen atoms in total. The Morgan fingerprint density at radius 2 is 1.88 bits per heavy atom. The van der Waals surface area contributed by atoms with Crippen LogP contribution in [0.25, 0.3) is 0 Å². The lowest BCUT2D eigenvalue weighted by atomic mass is 10.1. The van der Waals surface area contributed by atoms with Crippen molar-refractivity contribution in [3.8, 4) is 5.75 Å². The Balaban J connectivity index is 1.90. The van der Waals surface area contributed by atoms with E-state index in [1.54, 1.807) is 31.4 Å². The predicted molar refractivity (Wildman–Crippen MR) is 88.2 cm³/mol. The Morgan fingerprint density at radius 1 is 1.17 bits per heavy atom. The van der Waals surface area contributed by atoms with Crippen LogP contribution in [-0.2, 0) is 4.79 Å². The first-order valence-electron chi connectivity index (χ1n) is 7.16. The molecule has 0 radical (unpaired) electrons. The zero-order valence-electron chi connectivity index (χ0n) is 13.3. The van der Waals surface area contributed by atoms with Crippen molar-refractivity contribution in [2.45, 2.75) is 6.92 Å². The van der Waals surface area contributed by atoms with Gasteiger partial charge in [0.25, 0.3) is 5.91 Å². The number of hydrogen-bond acceptors (Lipinski definition) is 4. The van der Waals surface area contributed by atoms with Gasteiger partial charge in [-0.15, -0.1) is 0 Å². The van der Waals surface area contributed by atoms with Gasteiger partial charge in [-0.25, -0.2) is 14.2 Å². The van der Waals surface area contributed by atoms with Crippen LogP contribution in [0.15, 0.2) is 47.6 Å². The first kappa shape index (κ1) is 17.4. The van der Waals surface area contributed by atoms with Gasteiger partial charge in [-0.3, -0.25) is 4.79 Å². The minimum atomic E-state index is -0.608. The lowest BCUT2D eigenvalue weighted by Crippen LogP contribution is -2.26. The van der Waals surface area contributed by atoms with Crippen LogP contribution in [0.1, 0.15) is 12.5 Å². The molecule has 0 atom stereocenters. The Morgan fingerprint density at radius 3 is 2.54 bits per heavy atom. The number of anilines is 1. The molecule has 2 rings (SSSR count). The average molecular weight is 333 g/mol. The average Bonchev–Trinajstić information content (AvgIpc) is 2.60. The van der Waals surface area contributed by atoms with Gasteiger partial charge in [0.1, 0.15) is 17.4 Å². The quantitative estimate of drug-likeness (QED) is 0.631. The normalized spacial score (nSPS) is 11.1. The third-order valence-corrected chi connectivity index (χ3v) is 3.21. The topological polar surface area (TPSA) is 62.7 Å². The van der Waals surface area contributed by atoms with Gasteiger partial charge < -0.3 is 10.1 Å². The zero-order chi connectivity index (χ0) is 17.5. The first-order valence-corrected chi connectivity index (χ1v) is 7.16. The maximum Gasteiger partial charge on any atom is 0.259 e. The van der Waals surface area contributed by atoms with E-state index in [4.69, 9.17) is 4.74 Å². The first-order chi connectivity index (χ1) is 11.5. The summed E-state index contributed by atoms with van der Waals surface area (Å²) in [5.41, 5.74) is 3.20. The molecule has 1 amide bonds. The van der Waals surface area contributed by atoms with E-state index in [9.17, 15) is 13.6 Å². The maximum atomic E-state index is 13.6. The molecule has 24 heavy (non-hydrogen) atoms. The molecule has 2 aromatic rings. The van der Waals surface area contributed by atoms with Crippen LogP contribution in [0.5, 0.6) is 5.75 Å². The Hall–Kier alpha value is -2.96. The van der Waals surface area contributed by atoms with E-state index in [1.807, 2.05) is 0 Å². The van der Waals surface area contributed by atoms with Gasteiger partial charge in [-0.2, -0.15) is 5.10 Å². The number of hydrazone groups is 1. The minimum Gasteiger partial charge on any atom is -0.497 e. The van der Waals surface area contributed by atoms with Crippen molar-refractivity contribution < 1.29 is 18.3 Å². The number of amides is 1. The van der Waals surface area contributed by atoms with Crippen molar-refractivity contribution in [3.05, 3.63) is 59.7 Å². The minimum absolute atomic E-state index is 0.00147. The fourth-order valence-electron chi connectivity index (χ4n) is 1.91. The molecular formula is C17H17F2N3O2. The third kappa shape index (κ3) is 4.77. The number of rotatable bonds is 6. The lowest BCUT2D eigenvalue weighted by molar-refractivity contribution is -0.119. The Bertz CT molecular complexity index is 746. The van der Waals surface area contributed by atoms with Gasteiger partial charge in [0.2, 0.25) is 0 Å². The lowest BCUT2D eigenvalue weighted by Gasteiger charge is -2.07. The highest BCUT2D eigenvalue weighted by Gasteiger charge is 2.08. The van der Waals surface area contributed by atoms with Crippen LogP contribution in [0, 0.1) is 11.6 Å². The molecule has 0 heterocycles. The van der Waals surface area contributed by atoms with Crippen molar-refractivity contribution in [2.75, 3.05) is 19.0 Å². The van der Waals surface area contributed by atoms with E-state index in [2.05, 4.69) is 15.8 Å². The van der Waals surface area contributed by atoms with E-state index in [-0.39, 0.29) is 17.8 Å². The molecule has 0 spiro atoms. The molecule has 2 N–H and O–H groups in total. The number of ether oxygens (including phenoxy) is 1. The van der Waals surface area contributed by atoms with Crippen molar-refractivity contribution >= 4 is 17.3 Å². The van der Waals surface area contributed by atoms with Crippen LogP contribution in [0.3, 0.4) is 0 Å². The van der Waals surface area contributed by atoms with E-state index in [0.717, 1.165) is 23.9 Å². The largest absolute Gasteiger partial charge is 0.497 e. The summed E-state index contributed by atoms with van der Waals surface area (Å²) < 4.78 is 31.8. The fourth-order valence-corrected chi connectivity index (χ4v) is 1.91. The number of benzene rings is 2. The molecule has 0 aliphatic heterocycles. The van der Waals surface area contributed by atoms with Crippen LogP contribution >= 0.6 is 0 Å². The van der Waals surface area contributed by atoms with Crippen LogP contribution in [-0.4, -0.2) is 25.3 Å². The summed E-state index contributed by atoms with van der Waals surface area (Å²) in [5, 5.41) is 6.70. The van der Waals surface area contributed by atoms with Gasteiger partial charge in [-0.05, 0) is 49.4 Å². The SMILES string of the molecule is COc1ccc(NCC(=O)N/N=C(/C)c2cc(F)ccc2F)cc1. The molecule has 0 aliphatic rings. The van der Waals surface area contributed by atoms with Gasteiger partial charge in [0.15, 0.2) is 0 Å². The van der Waals surface area contributed by atoms with E-state index in [1.165, 1.54) is 6.92 Å².